The number of thiophene rings is 1. The van der Waals surface area contributed by atoms with Crippen molar-refractivity contribution in [2.45, 2.75) is 31.5 Å². The van der Waals surface area contributed by atoms with Gasteiger partial charge in [-0.3, -0.25) is 4.57 Å². The number of hydrogen-bond acceptors (Lipinski definition) is 5. The number of fused-ring (bicyclic) bond motifs is 1. The van der Waals surface area contributed by atoms with Gasteiger partial charge in [0, 0.05) is 28.0 Å². The summed E-state index contributed by atoms with van der Waals surface area (Å²) in [6, 6.07) is 12.7. The second kappa shape index (κ2) is 11.2. The summed E-state index contributed by atoms with van der Waals surface area (Å²) >= 11 is 1.25. The molecule has 1 aliphatic rings. The van der Waals surface area contributed by atoms with Gasteiger partial charge in [0.05, 0.1) is 21.8 Å². The lowest BCUT2D eigenvalue weighted by atomic mass is 10.0. The lowest BCUT2D eigenvalue weighted by Gasteiger charge is -2.30. The minimum Gasteiger partial charge on any atom is -0.381 e. The molecule has 0 aliphatic carbocycles. The first-order valence-electron chi connectivity index (χ1n) is 11.0. The maximum absolute atomic E-state index is 14.7. The lowest BCUT2D eigenvalue weighted by molar-refractivity contribution is 0.0504. The normalized spacial score (nSPS) is 15.9. The highest BCUT2D eigenvalue weighted by atomic mass is 32.1. The van der Waals surface area contributed by atoms with E-state index in [0.717, 1.165) is 42.0 Å². The van der Waals surface area contributed by atoms with E-state index >= 15 is 0 Å². The summed E-state index contributed by atoms with van der Waals surface area (Å²) in [5.41, 5.74) is 1.59. The molecule has 4 nitrogen and oxygen atoms in total. The Hall–Kier alpha value is -2.59. The Morgan fingerprint density at radius 3 is 2.56 bits per heavy atom. The zero-order chi connectivity index (χ0) is 24.1. The van der Waals surface area contributed by atoms with Gasteiger partial charge in [-0.05, 0) is 63.3 Å². The Morgan fingerprint density at radius 1 is 1.15 bits per heavy atom. The van der Waals surface area contributed by atoms with E-state index in [9.17, 15) is 17.7 Å². The predicted octanol–water partition coefficient (Wildman–Crippen LogP) is 6.06. The standard InChI is InChI=1S/C25H25F3N3OPS/c1-31-14-11-17(12-15-31)30-20-5-2-4-19-22(23(26)25(27)28)21(34-24(19)20)6-3-13-29-16-7-9-18(33-32)10-8-16/h2,4-5,7-10,17,23,25,29-30H,11-15H2,1H3. The number of nitrogens with zero attached hydrogens (tertiary/aromatic N) is 1. The van der Waals surface area contributed by atoms with Gasteiger partial charge in [0.2, 0.25) is 0 Å². The monoisotopic (exact) mass is 503 g/mol. The van der Waals surface area contributed by atoms with Crippen LogP contribution in [-0.4, -0.2) is 44.0 Å². The van der Waals surface area contributed by atoms with Gasteiger partial charge in [-0.2, -0.15) is 0 Å². The van der Waals surface area contributed by atoms with Crippen LogP contribution in [0, 0.1) is 11.8 Å². The highest BCUT2D eigenvalue weighted by Crippen LogP contribution is 2.42. The van der Waals surface area contributed by atoms with Crippen molar-refractivity contribution in [1.82, 2.24) is 4.90 Å². The number of likely N-dealkylation sites (tertiary alicyclic amines) is 1. The highest BCUT2D eigenvalue weighted by molar-refractivity contribution is 7.34. The third kappa shape index (κ3) is 5.72. The fraction of sp³-hybridized carbons (Fsp3) is 0.360. The van der Waals surface area contributed by atoms with Crippen LogP contribution in [0.3, 0.4) is 0 Å². The molecule has 1 aliphatic heterocycles. The highest BCUT2D eigenvalue weighted by Gasteiger charge is 2.29. The largest absolute Gasteiger partial charge is 0.381 e. The number of rotatable bonds is 7. The van der Waals surface area contributed by atoms with Crippen LogP contribution in [0.4, 0.5) is 24.5 Å². The van der Waals surface area contributed by atoms with Gasteiger partial charge in [-0.15, -0.1) is 11.3 Å². The molecule has 1 fully saturated rings. The molecule has 0 spiro atoms. The molecule has 1 aromatic heterocycles. The van der Waals surface area contributed by atoms with Gasteiger partial charge in [0.15, 0.2) is 14.6 Å². The maximum atomic E-state index is 14.7. The van der Waals surface area contributed by atoms with Gasteiger partial charge in [-0.25, -0.2) is 13.2 Å². The molecule has 1 atom stereocenters. The van der Waals surface area contributed by atoms with E-state index < -0.39 is 12.6 Å². The Morgan fingerprint density at radius 2 is 1.88 bits per heavy atom. The van der Waals surface area contributed by atoms with Crippen LogP contribution in [0.5, 0.6) is 0 Å². The summed E-state index contributed by atoms with van der Waals surface area (Å²) in [6.45, 7) is 2.24. The quantitative estimate of drug-likeness (QED) is 0.304. The molecule has 0 amide bonds. The van der Waals surface area contributed by atoms with Crippen molar-refractivity contribution in [3.63, 3.8) is 0 Å². The Bertz CT molecular complexity index is 1200. The van der Waals surface area contributed by atoms with Crippen LogP contribution in [0.2, 0.25) is 0 Å². The molecule has 0 bridgehead atoms. The number of piperidine rings is 1. The summed E-state index contributed by atoms with van der Waals surface area (Å²) in [5, 5.41) is 7.80. The molecule has 2 aromatic carbocycles. The van der Waals surface area contributed by atoms with Gasteiger partial charge in [-0.1, -0.05) is 24.0 Å². The lowest BCUT2D eigenvalue weighted by Crippen LogP contribution is -2.36. The summed E-state index contributed by atoms with van der Waals surface area (Å²) in [5.74, 6) is 5.84. The molecule has 2 N–H and O–H groups in total. The molecule has 1 unspecified atom stereocenters. The molecular formula is C25H25F3N3OPS. The van der Waals surface area contributed by atoms with Crippen LogP contribution >= 0.6 is 19.8 Å². The molecule has 1 saturated heterocycles. The average Bonchev–Trinajstić information content (AvgIpc) is 3.22. The fourth-order valence-corrected chi connectivity index (χ4v) is 5.48. The maximum Gasteiger partial charge on any atom is 0.273 e. The van der Waals surface area contributed by atoms with E-state index in [1.165, 1.54) is 11.3 Å². The average molecular weight is 504 g/mol. The van der Waals surface area contributed by atoms with Crippen molar-refractivity contribution < 1.29 is 17.7 Å². The number of alkyl halides is 3. The molecular weight excluding hydrogens is 478 g/mol. The van der Waals surface area contributed by atoms with Gasteiger partial charge >= 0.3 is 0 Å². The summed E-state index contributed by atoms with van der Waals surface area (Å²) < 4.78 is 53.1. The minimum absolute atomic E-state index is 0.0339. The zero-order valence-corrected chi connectivity index (χ0v) is 20.4. The zero-order valence-electron chi connectivity index (χ0n) is 18.7. The smallest absolute Gasteiger partial charge is 0.273 e. The number of nitrogens with one attached hydrogen (secondary N) is 2. The second-order valence-corrected chi connectivity index (χ2v) is 10.00. The summed E-state index contributed by atoms with van der Waals surface area (Å²) in [4.78, 5) is 2.60. The van der Waals surface area contributed by atoms with Gasteiger partial charge in [0.25, 0.3) is 6.43 Å². The van der Waals surface area contributed by atoms with Crippen molar-refractivity contribution in [3.8, 4) is 11.8 Å². The third-order valence-electron chi connectivity index (χ3n) is 5.88. The molecule has 178 valence electrons. The van der Waals surface area contributed by atoms with Crippen LogP contribution < -0.4 is 15.9 Å². The molecule has 4 rings (SSSR count). The van der Waals surface area contributed by atoms with Crippen molar-refractivity contribution in [2.75, 3.05) is 37.3 Å². The topological polar surface area (TPSA) is 44.4 Å². The van der Waals surface area contributed by atoms with Crippen LogP contribution in [0.25, 0.3) is 10.1 Å². The Balaban J connectivity index is 1.59. The first kappa shape index (κ1) is 24.5. The first-order chi connectivity index (χ1) is 16.5. The van der Waals surface area contributed by atoms with E-state index in [1.807, 2.05) is 6.07 Å². The number of halogens is 3. The van der Waals surface area contributed by atoms with E-state index in [0.29, 0.717) is 15.6 Å². The predicted molar refractivity (Wildman–Crippen MR) is 135 cm³/mol. The fourth-order valence-electron chi connectivity index (χ4n) is 4.03. The molecule has 9 heteroatoms. The first-order valence-corrected chi connectivity index (χ1v) is 12.7. The number of anilines is 2. The Labute approximate surface area is 202 Å². The van der Waals surface area contributed by atoms with Gasteiger partial charge < -0.3 is 15.5 Å². The molecule has 2 heterocycles. The third-order valence-corrected chi connectivity index (χ3v) is 7.56. The van der Waals surface area contributed by atoms with E-state index in [4.69, 9.17) is 0 Å². The van der Waals surface area contributed by atoms with Crippen molar-refractivity contribution in [1.29, 1.82) is 0 Å². The van der Waals surface area contributed by atoms with Crippen LogP contribution in [0.15, 0.2) is 42.5 Å². The van der Waals surface area contributed by atoms with Gasteiger partial charge in [0.1, 0.15) is 0 Å². The number of benzene rings is 2. The molecule has 0 saturated carbocycles. The molecule has 3 aromatic rings. The Kier molecular flexibility index (Phi) is 8.10. The summed E-state index contributed by atoms with van der Waals surface area (Å²) in [6.07, 6.45) is -3.55. The second-order valence-electron chi connectivity index (χ2n) is 8.28. The molecule has 34 heavy (non-hydrogen) atoms. The van der Waals surface area contributed by atoms with E-state index in [-0.39, 0.29) is 26.6 Å². The van der Waals surface area contributed by atoms with Crippen molar-refractivity contribution >= 4 is 46.6 Å². The SMILES string of the molecule is CN1CCC(Nc2cccc3c(C(F)C(F)F)c(C#CCNc4ccc(P=O)cc4)sc23)CC1. The van der Waals surface area contributed by atoms with E-state index in [1.54, 1.807) is 36.4 Å². The van der Waals surface area contributed by atoms with Crippen LogP contribution in [0.1, 0.15) is 29.5 Å². The molecule has 0 radical (unpaired) electrons. The number of hydrogen-bond donors (Lipinski definition) is 2. The summed E-state index contributed by atoms with van der Waals surface area (Å²) in [7, 11) is 2.04. The van der Waals surface area contributed by atoms with Crippen LogP contribution in [-0.2, 0) is 4.57 Å². The van der Waals surface area contributed by atoms with Crippen molar-refractivity contribution in [3.05, 3.63) is 52.9 Å². The van der Waals surface area contributed by atoms with E-state index in [2.05, 4.69) is 34.4 Å². The minimum atomic E-state index is -3.12. The van der Waals surface area contributed by atoms with Crippen molar-refractivity contribution in [2.24, 2.45) is 0 Å².